The van der Waals surface area contributed by atoms with Gasteiger partial charge in [0.2, 0.25) is 0 Å². The number of aryl methyl sites for hydroxylation is 2. The van der Waals surface area contributed by atoms with Crippen LogP contribution in [0.5, 0.6) is 0 Å². The third kappa shape index (κ3) is 2.79. The van der Waals surface area contributed by atoms with Gasteiger partial charge in [0.05, 0.1) is 11.0 Å². The van der Waals surface area contributed by atoms with Crippen LogP contribution in [0.2, 0.25) is 0 Å². The van der Waals surface area contributed by atoms with Crippen LogP contribution < -0.4 is 0 Å². The zero-order chi connectivity index (χ0) is 23.6. The first-order valence-corrected chi connectivity index (χ1v) is 12.6. The molecule has 0 saturated carbocycles. The number of furan rings is 1. The number of rotatable bonds is 2. The van der Waals surface area contributed by atoms with Crippen molar-refractivity contribution in [3.8, 4) is 27.9 Å². The maximum atomic E-state index is 6.32. The SMILES string of the molecule is c1ccc(-n2c3ccccc3c3cc(-c4ccc5oc6c(c5c4)-c4ccccc4CC6)ccc32)cc1. The van der Waals surface area contributed by atoms with Crippen molar-refractivity contribution in [2.24, 2.45) is 0 Å². The molecule has 0 radical (unpaired) electrons. The zero-order valence-electron chi connectivity index (χ0n) is 19.7. The summed E-state index contributed by atoms with van der Waals surface area (Å²) in [7, 11) is 0. The Labute approximate surface area is 209 Å². The summed E-state index contributed by atoms with van der Waals surface area (Å²) >= 11 is 0. The molecule has 0 atom stereocenters. The molecule has 0 amide bonds. The Morgan fingerprint density at radius 1 is 0.556 bits per heavy atom. The van der Waals surface area contributed by atoms with E-state index in [1.807, 2.05) is 0 Å². The van der Waals surface area contributed by atoms with E-state index in [1.165, 1.54) is 60.7 Å². The van der Waals surface area contributed by atoms with E-state index in [0.717, 1.165) is 24.2 Å². The van der Waals surface area contributed by atoms with Crippen LogP contribution in [-0.4, -0.2) is 4.57 Å². The molecule has 7 aromatic rings. The first kappa shape index (κ1) is 19.7. The second kappa shape index (κ2) is 7.47. The van der Waals surface area contributed by atoms with Gasteiger partial charge in [0.25, 0.3) is 0 Å². The number of para-hydroxylation sites is 2. The van der Waals surface area contributed by atoms with Crippen LogP contribution in [0.3, 0.4) is 0 Å². The fourth-order valence-electron chi connectivity index (χ4n) is 6.04. The third-order valence-electron chi connectivity index (χ3n) is 7.69. The molecule has 170 valence electrons. The molecule has 0 bridgehead atoms. The monoisotopic (exact) mass is 461 g/mol. The first-order chi connectivity index (χ1) is 17.8. The van der Waals surface area contributed by atoms with Crippen LogP contribution in [0.25, 0.3) is 60.7 Å². The molecule has 0 spiro atoms. The number of hydrogen-bond donors (Lipinski definition) is 0. The summed E-state index contributed by atoms with van der Waals surface area (Å²) in [5.74, 6) is 1.11. The molecule has 2 heterocycles. The predicted octanol–water partition coefficient (Wildman–Crippen LogP) is 8.96. The van der Waals surface area contributed by atoms with E-state index in [9.17, 15) is 0 Å². The molecule has 0 unspecified atom stereocenters. The number of fused-ring (bicyclic) bond motifs is 8. The Morgan fingerprint density at radius 3 is 2.19 bits per heavy atom. The van der Waals surface area contributed by atoms with Crippen LogP contribution in [0.15, 0.2) is 120 Å². The summed E-state index contributed by atoms with van der Waals surface area (Å²) in [4.78, 5) is 0. The molecule has 0 saturated heterocycles. The van der Waals surface area contributed by atoms with Crippen LogP contribution in [0.1, 0.15) is 11.3 Å². The minimum atomic E-state index is 0.960. The van der Waals surface area contributed by atoms with Gasteiger partial charge in [-0.3, -0.25) is 0 Å². The second-order valence-electron chi connectivity index (χ2n) is 9.69. The minimum absolute atomic E-state index is 0.960. The molecule has 1 aliphatic rings. The van der Waals surface area contributed by atoms with Crippen LogP contribution >= 0.6 is 0 Å². The number of aromatic nitrogens is 1. The van der Waals surface area contributed by atoms with E-state index < -0.39 is 0 Å². The Bertz CT molecular complexity index is 1940. The molecule has 0 N–H and O–H groups in total. The molecule has 2 nitrogen and oxygen atoms in total. The Hall–Kier alpha value is -4.56. The fraction of sp³-hybridized carbons (Fsp3) is 0.0588. The summed E-state index contributed by atoms with van der Waals surface area (Å²) in [6.45, 7) is 0. The average molecular weight is 462 g/mol. The van der Waals surface area contributed by atoms with Gasteiger partial charge >= 0.3 is 0 Å². The molecule has 1 aliphatic carbocycles. The van der Waals surface area contributed by atoms with Crippen LogP contribution in [0.4, 0.5) is 0 Å². The molecular weight excluding hydrogens is 438 g/mol. The Kier molecular flexibility index (Phi) is 4.09. The van der Waals surface area contributed by atoms with Gasteiger partial charge in [-0.1, -0.05) is 72.8 Å². The van der Waals surface area contributed by atoms with Gasteiger partial charge in [-0.2, -0.15) is 0 Å². The average Bonchev–Trinajstić information content (AvgIpc) is 3.48. The van der Waals surface area contributed by atoms with E-state index >= 15 is 0 Å². The van der Waals surface area contributed by atoms with E-state index in [1.54, 1.807) is 0 Å². The largest absolute Gasteiger partial charge is 0.460 e. The molecule has 0 aliphatic heterocycles. The normalized spacial score (nSPS) is 12.8. The molecule has 2 aromatic heterocycles. The summed E-state index contributed by atoms with van der Waals surface area (Å²) in [5.41, 5.74) is 11.0. The topological polar surface area (TPSA) is 18.1 Å². The van der Waals surface area contributed by atoms with Crippen LogP contribution in [0, 0.1) is 0 Å². The zero-order valence-corrected chi connectivity index (χ0v) is 19.7. The van der Waals surface area contributed by atoms with Gasteiger partial charge in [0.1, 0.15) is 11.3 Å². The van der Waals surface area contributed by atoms with Crippen molar-refractivity contribution in [2.75, 3.05) is 0 Å². The van der Waals surface area contributed by atoms with Gasteiger partial charge in [-0.25, -0.2) is 0 Å². The van der Waals surface area contributed by atoms with Gasteiger partial charge in [-0.05, 0) is 71.1 Å². The molecule has 0 fully saturated rings. The standard InChI is InChI=1S/C34H23NO/c1-2-9-25(10-3-1)35-30-13-7-6-12-27(30)28-20-23(14-17-31(28)35)24-16-18-32-29(21-24)34-26-11-5-4-8-22(26)15-19-33(34)36-32/h1-14,16-18,20-21H,15,19H2. The highest BCUT2D eigenvalue weighted by atomic mass is 16.3. The lowest BCUT2D eigenvalue weighted by molar-refractivity contribution is 0.546. The van der Waals surface area contributed by atoms with Gasteiger partial charge in [0, 0.05) is 33.8 Å². The van der Waals surface area contributed by atoms with Crippen molar-refractivity contribution in [3.63, 3.8) is 0 Å². The van der Waals surface area contributed by atoms with Crippen LogP contribution in [-0.2, 0) is 12.8 Å². The quantitative estimate of drug-likeness (QED) is 0.251. The van der Waals surface area contributed by atoms with Crippen molar-refractivity contribution in [1.29, 1.82) is 0 Å². The summed E-state index contributed by atoms with van der Waals surface area (Å²) < 4.78 is 8.68. The minimum Gasteiger partial charge on any atom is -0.460 e. The van der Waals surface area contributed by atoms with Crippen molar-refractivity contribution in [3.05, 3.63) is 127 Å². The second-order valence-corrected chi connectivity index (χ2v) is 9.69. The summed E-state index contributed by atoms with van der Waals surface area (Å²) in [5, 5.41) is 3.75. The third-order valence-corrected chi connectivity index (χ3v) is 7.69. The lowest BCUT2D eigenvalue weighted by Crippen LogP contribution is -2.01. The van der Waals surface area contributed by atoms with Crippen molar-refractivity contribution >= 4 is 32.8 Å². The maximum Gasteiger partial charge on any atom is 0.134 e. The smallest absolute Gasteiger partial charge is 0.134 e. The highest BCUT2D eigenvalue weighted by Crippen LogP contribution is 2.42. The predicted molar refractivity (Wildman–Crippen MR) is 149 cm³/mol. The van der Waals surface area contributed by atoms with Gasteiger partial charge in [-0.15, -0.1) is 0 Å². The van der Waals surface area contributed by atoms with Crippen molar-refractivity contribution in [1.82, 2.24) is 4.57 Å². The van der Waals surface area contributed by atoms with Crippen molar-refractivity contribution < 1.29 is 4.42 Å². The Morgan fingerprint density at radius 2 is 1.28 bits per heavy atom. The number of hydrogen-bond acceptors (Lipinski definition) is 1. The highest BCUT2D eigenvalue weighted by molar-refractivity contribution is 6.10. The molecule has 5 aromatic carbocycles. The molecular formula is C34H23NO. The lowest BCUT2D eigenvalue weighted by atomic mass is 9.88. The molecule has 36 heavy (non-hydrogen) atoms. The van der Waals surface area contributed by atoms with Crippen molar-refractivity contribution in [2.45, 2.75) is 12.8 Å². The van der Waals surface area contributed by atoms with Gasteiger partial charge in [0.15, 0.2) is 0 Å². The Balaban J connectivity index is 1.35. The first-order valence-electron chi connectivity index (χ1n) is 12.6. The van der Waals surface area contributed by atoms with E-state index in [2.05, 4.69) is 120 Å². The molecule has 2 heteroatoms. The highest BCUT2D eigenvalue weighted by Gasteiger charge is 2.23. The number of benzene rings is 5. The summed E-state index contributed by atoms with van der Waals surface area (Å²) in [6, 6.07) is 41.6. The maximum absolute atomic E-state index is 6.32. The van der Waals surface area contributed by atoms with Gasteiger partial charge < -0.3 is 8.98 Å². The van der Waals surface area contributed by atoms with E-state index in [-0.39, 0.29) is 0 Å². The fourth-order valence-corrected chi connectivity index (χ4v) is 6.04. The number of nitrogens with zero attached hydrogens (tertiary/aromatic N) is 1. The molecule has 8 rings (SSSR count). The van der Waals surface area contributed by atoms with E-state index in [0.29, 0.717) is 0 Å². The lowest BCUT2D eigenvalue weighted by Gasteiger charge is -2.15. The van der Waals surface area contributed by atoms with E-state index in [4.69, 9.17) is 4.42 Å². The summed E-state index contributed by atoms with van der Waals surface area (Å²) in [6.07, 6.45) is 2.00.